The van der Waals surface area contributed by atoms with E-state index in [1.807, 2.05) is 32.4 Å². The Hall–Kier alpha value is -3.20. The van der Waals surface area contributed by atoms with E-state index in [1.54, 1.807) is 24.3 Å². The molecule has 9 heteroatoms. The average molecular weight is 511 g/mol. The Kier molecular flexibility index (Phi) is 8.02. The number of rotatable bonds is 8. The second-order valence-electron chi connectivity index (χ2n) is 10.9. The predicted molar refractivity (Wildman–Crippen MR) is 139 cm³/mol. The molecule has 0 radical (unpaired) electrons. The Labute approximate surface area is 218 Å². The summed E-state index contributed by atoms with van der Waals surface area (Å²) in [6.45, 7) is 11.1. The molecule has 2 aromatic rings. The smallest absolute Gasteiger partial charge is 0.338 e. The topological polar surface area (TPSA) is 112 Å². The van der Waals surface area contributed by atoms with Crippen LogP contribution in [0.3, 0.4) is 0 Å². The van der Waals surface area contributed by atoms with Crippen LogP contribution >= 0.6 is 0 Å². The third kappa shape index (κ3) is 6.04. The monoisotopic (exact) mass is 510 g/mol. The van der Waals surface area contributed by atoms with Gasteiger partial charge in [0.2, 0.25) is 0 Å². The molecule has 4 rings (SSSR count). The maximum absolute atomic E-state index is 13.1. The Morgan fingerprint density at radius 1 is 1.22 bits per heavy atom. The van der Waals surface area contributed by atoms with E-state index in [0.29, 0.717) is 56.0 Å². The number of benzene rings is 1. The number of fused-ring (bicyclic) bond motifs is 1. The normalized spacial score (nSPS) is 17.0. The highest BCUT2D eigenvalue weighted by Gasteiger charge is 2.40. The van der Waals surface area contributed by atoms with E-state index in [2.05, 4.69) is 10.6 Å². The summed E-state index contributed by atoms with van der Waals surface area (Å²) in [4.78, 5) is 38.0. The molecule has 1 fully saturated rings. The number of hydrogen-bond acceptors (Lipinski definition) is 6. The van der Waals surface area contributed by atoms with Crippen molar-refractivity contribution in [2.75, 3.05) is 32.9 Å². The fraction of sp³-hybridized carbons (Fsp3) is 0.571. The summed E-state index contributed by atoms with van der Waals surface area (Å²) in [5.74, 6) is -0.763. The number of aryl methyl sites for hydroxylation is 1. The van der Waals surface area contributed by atoms with Crippen molar-refractivity contribution < 1.29 is 23.9 Å². The third-order valence-electron chi connectivity index (χ3n) is 7.28. The molecular formula is C28H38N4O5. The minimum Gasteiger partial charge on any atom is -0.461 e. The van der Waals surface area contributed by atoms with Crippen LogP contribution in [0, 0.1) is 10.8 Å². The molecule has 1 spiro atoms. The van der Waals surface area contributed by atoms with Gasteiger partial charge in [-0.3, -0.25) is 14.3 Å². The lowest BCUT2D eigenvalue weighted by molar-refractivity contribution is 0.0145. The molecule has 0 atom stereocenters. The highest BCUT2D eigenvalue weighted by atomic mass is 16.5. The van der Waals surface area contributed by atoms with Gasteiger partial charge in [0.15, 0.2) is 0 Å². The molecule has 0 saturated carbocycles. The van der Waals surface area contributed by atoms with Gasteiger partial charge < -0.3 is 20.1 Å². The molecule has 9 nitrogen and oxygen atoms in total. The van der Waals surface area contributed by atoms with E-state index in [4.69, 9.17) is 14.6 Å². The van der Waals surface area contributed by atoms with Crippen LogP contribution in [0.4, 0.5) is 0 Å². The van der Waals surface area contributed by atoms with Gasteiger partial charge in [-0.05, 0) is 56.2 Å². The van der Waals surface area contributed by atoms with Crippen LogP contribution in [-0.2, 0) is 28.9 Å². The van der Waals surface area contributed by atoms with Gasteiger partial charge in [-0.25, -0.2) is 4.79 Å². The fourth-order valence-corrected chi connectivity index (χ4v) is 5.15. The largest absolute Gasteiger partial charge is 0.461 e. The quantitative estimate of drug-likeness (QED) is 0.528. The summed E-state index contributed by atoms with van der Waals surface area (Å²) in [7, 11) is 0. The maximum Gasteiger partial charge on any atom is 0.338 e. The minimum atomic E-state index is -0.478. The van der Waals surface area contributed by atoms with Crippen LogP contribution in [0.2, 0.25) is 0 Å². The first-order valence-electron chi connectivity index (χ1n) is 13.2. The number of hydrogen-bond donors (Lipinski definition) is 2. The maximum atomic E-state index is 13.1. The Morgan fingerprint density at radius 2 is 1.95 bits per heavy atom. The zero-order valence-corrected chi connectivity index (χ0v) is 22.3. The third-order valence-corrected chi connectivity index (χ3v) is 7.28. The minimum absolute atomic E-state index is 0.0341. The van der Waals surface area contributed by atoms with Crippen molar-refractivity contribution in [1.29, 1.82) is 0 Å². The van der Waals surface area contributed by atoms with E-state index in [-0.39, 0.29) is 23.8 Å². The molecule has 0 bridgehead atoms. The lowest BCUT2D eigenvalue weighted by Crippen LogP contribution is -2.41. The molecule has 2 amide bonds. The first-order chi connectivity index (χ1) is 17.7. The lowest BCUT2D eigenvalue weighted by Gasteiger charge is -2.36. The zero-order chi connectivity index (χ0) is 26.6. The SMILES string of the molecule is CCNC(=O)c1cccc(C(=O)OCC(C)(C)Cn2nc(CC)c3c2CC2(CCOCC2)CNC3=O)c1. The molecule has 2 aliphatic heterocycles. The second-order valence-corrected chi connectivity index (χ2v) is 10.9. The van der Waals surface area contributed by atoms with Gasteiger partial charge >= 0.3 is 5.97 Å². The number of amides is 2. The summed E-state index contributed by atoms with van der Waals surface area (Å²) in [6, 6.07) is 6.54. The number of carbonyl (C=O) groups is 3. The van der Waals surface area contributed by atoms with Gasteiger partial charge in [0, 0.05) is 43.8 Å². The van der Waals surface area contributed by atoms with Crippen LogP contribution in [0.1, 0.15) is 83.0 Å². The zero-order valence-electron chi connectivity index (χ0n) is 22.3. The Morgan fingerprint density at radius 3 is 2.65 bits per heavy atom. The number of aromatic nitrogens is 2. The van der Waals surface area contributed by atoms with Gasteiger partial charge in [-0.15, -0.1) is 0 Å². The van der Waals surface area contributed by atoms with E-state index in [1.165, 1.54) is 0 Å². The van der Waals surface area contributed by atoms with E-state index in [0.717, 1.165) is 30.7 Å². The number of esters is 1. The molecular weight excluding hydrogens is 472 g/mol. The molecule has 1 saturated heterocycles. The standard InChI is InChI=1S/C28H38N4O5/c1-5-21-23-22(15-28(16-30-25(23)34)10-12-36-13-11-28)32(31-21)17-27(3,4)18-37-26(35)20-9-7-8-19(14-20)24(33)29-6-2/h7-9,14H,5-6,10-13,15-18H2,1-4H3,(H,29,33)(H,30,34). The first-order valence-corrected chi connectivity index (χ1v) is 13.2. The van der Waals surface area contributed by atoms with Crippen molar-refractivity contribution in [3.63, 3.8) is 0 Å². The van der Waals surface area contributed by atoms with Crippen LogP contribution in [0.15, 0.2) is 24.3 Å². The summed E-state index contributed by atoms with van der Waals surface area (Å²) in [5, 5.41) is 10.7. The number of nitrogens with one attached hydrogen (secondary N) is 2. The lowest BCUT2D eigenvalue weighted by atomic mass is 9.76. The highest BCUT2D eigenvalue weighted by Crippen LogP contribution is 2.38. The molecule has 200 valence electrons. The van der Waals surface area contributed by atoms with Crippen LogP contribution in [-0.4, -0.2) is 60.5 Å². The molecule has 2 N–H and O–H groups in total. The van der Waals surface area contributed by atoms with Crippen LogP contribution in [0.5, 0.6) is 0 Å². The summed E-state index contributed by atoms with van der Waals surface area (Å²) in [5.41, 5.74) is 2.73. The molecule has 2 aliphatic rings. The molecule has 1 aromatic carbocycles. The molecule has 37 heavy (non-hydrogen) atoms. The van der Waals surface area contributed by atoms with Crippen LogP contribution in [0.25, 0.3) is 0 Å². The van der Waals surface area contributed by atoms with Gasteiger partial charge in [0.25, 0.3) is 11.8 Å². The van der Waals surface area contributed by atoms with Crippen molar-refractivity contribution in [1.82, 2.24) is 20.4 Å². The van der Waals surface area contributed by atoms with E-state index < -0.39 is 11.4 Å². The average Bonchev–Trinajstić information content (AvgIpc) is 3.15. The summed E-state index contributed by atoms with van der Waals surface area (Å²) < 4.78 is 13.3. The van der Waals surface area contributed by atoms with Gasteiger partial charge in [0.1, 0.15) is 0 Å². The van der Waals surface area contributed by atoms with Crippen molar-refractivity contribution in [2.45, 2.75) is 59.9 Å². The van der Waals surface area contributed by atoms with Gasteiger partial charge in [-0.1, -0.05) is 26.8 Å². The summed E-state index contributed by atoms with van der Waals surface area (Å²) in [6.07, 6.45) is 3.22. The summed E-state index contributed by atoms with van der Waals surface area (Å²) >= 11 is 0. The van der Waals surface area contributed by atoms with Crippen molar-refractivity contribution in [3.05, 3.63) is 52.3 Å². The first kappa shape index (κ1) is 26.9. The van der Waals surface area contributed by atoms with Gasteiger partial charge in [-0.2, -0.15) is 5.10 Å². The van der Waals surface area contributed by atoms with Crippen molar-refractivity contribution in [2.24, 2.45) is 10.8 Å². The number of nitrogens with zero attached hydrogens (tertiary/aromatic N) is 2. The van der Waals surface area contributed by atoms with Crippen LogP contribution < -0.4 is 10.6 Å². The second kappa shape index (κ2) is 11.0. The Bertz CT molecular complexity index is 1160. The Balaban J connectivity index is 1.50. The number of carbonyl (C=O) groups excluding carboxylic acids is 3. The molecule has 0 unspecified atom stereocenters. The molecule has 1 aromatic heterocycles. The van der Waals surface area contributed by atoms with Crippen molar-refractivity contribution >= 4 is 17.8 Å². The highest BCUT2D eigenvalue weighted by molar-refractivity contribution is 5.98. The number of ether oxygens (including phenoxy) is 2. The molecule has 3 heterocycles. The fourth-order valence-electron chi connectivity index (χ4n) is 5.15. The predicted octanol–water partition coefficient (Wildman–Crippen LogP) is 3.16. The molecule has 0 aliphatic carbocycles. The van der Waals surface area contributed by atoms with Crippen molar-refractivity contribution in [3.8, 4) is 0 Å². The van der Waals surface area contributed by atoms with Gasteiger partial charge in [0.05, 0.1) is 29.1 Å². The van der Waals surface area contributed by atoms with E-state index >= 15 is 0 Å². The van der Waals surface area contributed by atoms with E-state index in [9.17, 15) is 14.4 Å².